The van der Waals surface area contributed by atoms with E-state index in [9.17, 15) is 4.39 Å². The number of hydrogen-bond acceptors (Lipinski definition) is 3. The number of fused-ring (bicyclic) bond motifs is 1. The van der Waals surface area contributed by atoms with Gasteiger partial charge >= 0.3 is 0 Å². The van der Waals surface area contributed by atoms with Crippen LogP contribution in [-0.2, 0) is 17.9 Å². The van der Waals surface area contributed by atoms with Gasteiger partial charge in [0.2, 0.25) is 5.95 Å². The van der Waals surface area contributed by atoms with Gasteiger partial charge in [-0.15, -0.1) is 0 Å². The van der Waals surface area contributed by atoms with Crippen molar-refractivity contribution >= 4 is 0 Å². The normalized spacial score (nSPS) is 14.8. The Morgan fingerprint density at radius 1 is 1.25 bits per heavy atom. The molecule has 0 aromatic carbocycles. The van der Waals surface area contributed by atoms with E-state index in [1.54, 1.807) is 12.3 Å². The number of pyridine rings is 1. The molecule has 0 amide bonds. The van der Waals surface area contributed by atoms with Crippen molar-refractivity contribution in [3.8, 4) is 11.4 Å². The van der Waals surface area contributed by atoms with E-state index in [1.807, 2.05) is 0 Å². The summed E-state index contributed by atoms with van der Waals surface area (Å²) in [7, 11) is 0. The second-order valence-electron chi connectivity index (χ2n) is 3.65. The Balaban J connectivity index is 2.06. The Bertz CT molecular complexity index is 506. The summed E-state index contributed by atoms with van der Waals surface area (Å²) in [6.07, 6.45) is 3.29. The lowest BCUT2D eigenvalue weighted by Crippen LogP contribution is -2.16. The fourth-order valence-electron chi connectivity index (χ4n) is 1.85. The molecule has 0 bridgehead atoms. The summed E-state index contributed by atoms with van der Waals surface area (Å²) >= 11 is 0. The summed E-state index contributed by atoms with van der Waals surface area (Å²) in [5.41, 5.74) is 1.88. The molecule has 5 heteroatoms. The zero-order valence-corrected chi connectivity index (χ0v) is 8.56. The third kappa shape index (κ3) is 1.49. The molecule has 4 nitrogen and oxygen atoms in total. The van der Waals surface area contributed by atoms with E-state index in [2.05, 4.69) is 14.5 Å². The highest BCUT2D eigenvalue weighted by Crippen LogP contribution is 2.21. The van der Waals surface area contributed by atoms with Gasteiger partial charge in [0.25, 0.3) is 0 Å². The van der Waals surface area contributed by atoms with Crippen LogP contribution < -0.4 is 0 Å². The van der Waals surface area contributed by atoms with Crippen LogP contribution in [0.5, 0.6) is 0 Å². The molecule has 0 saturated heterocycles. The maximum absolute atomic E-state index is 12.7. The minimum atomic E-state index is -0.475. The Morgan fingerprint density at radius 2 is 2.19 bits per heavy atom. The molecule has 82 valence electrons. The molecule has 0 spiro atoms. The van der Waals surface area contributed by atoms with Gasteiger partial charge in [0, 0.05) is 18.3 Å². The van der Waals surface area contributed by atoms with Gasteiger partial charge < -0.3 is 9.30 Å². The first-order chi connectivity index (χ1) is 7.84. The molecule has 2 aromatic rings. The molecule has 3 heterocycles. The Kier molecular flexibility index (Phi) is 2.18. The molecule has 2 aromatic heterocycles. The fourth-order valence-corrected chi connectivity index (χ4v) is 1.85. The van der Waals surface area contributed by atoms with Crippen molar-refractivity contribution in [2.24, 2.45) is 0 Å². The second-order valence-corrected chi connectivity index (χ2v) is 3.65. The summed E-state index contributed by atoms with van der Waals surface area (Å²) in [5, 5.41) is 0. The summed E-state index contributed by atoms with van der Waals surface area (Å²) in [4.78, 5) is 7.95. The van der Waals surface area contributed by atoms with Crippen LogP contribution >= 0.6 is 0 Å². The van der Waals surface area contributed by atoms with Crippen LogP contribution in [0.2, 0.25) is 0 Å². The van der Waals surface area contributed by atoms with Gasteiger partial charge in [-0.1, -0.05) is 0 Å². The molecule has 0 radical (unpaired) electrons. The zero-order chi connectivity index (χ0) is 11.0. The molecule has 0 atom stereocenters. The molecule has 0 N–H and O–H groups in total. The highest BCUT2D eigenvalue weighted by Gasteiger charge is 2.15. The van der Waals surface area contributed by atoms with Gasteiger partial charge in [-0.2, -0.15) is 4.39 Å². The summed E-state index contributed by atoms with van der Waals surface area (Å²) in [5.74, 6) is 0.350. The lowest BCUT2D eigenvalue weighted by Gasteiger charge is -2.16. The number of nitrogens with zero attached hydrogens (tertiary/aromatic N) is 3. The molecule has 16 heavy (non-hydrogen) atoms. The SMILES string of the molecule is Fc1ccc(-c2ncc3n2CCOC3)cn1. The monoisotopic (exact) mass is 219 g/mol. The molecule has 1 aliphatic heterocycles. The summed E-state index contributed by atoms with van der Waals surface area (Å²) in [6, 6.07) is 3.03. The third-order valence-electron chi connectivity index (χ3n) is 2.63. The average molecular weight is 219 g/mol. The van der Waals surface area contributed by atoms with Crippen LogP contribution in [0.15, 0.2) is 24.5 Å². The van der Waals surface area contributed by atoms with E-state index in [0.29, 0.717) is 13.2 Å². The summed E-state index contributed by atoms with van der Waals surface area (Å²) < 4.78 is 20.1. The van der Waals surface area contributed by atoms with Gasteiger partial charge in [-0.3, -0.25) is 0 Å². The maximum atomic E-state index is 12.7. The lowest BCUT2D eigenvalue weighted by atomic mass is 10.2. The average Bonchev–Trinajstić information content (AvgIpc) is 2.74. The van der Waals surface area contributed by atoms with E-state index in [-0.39, 0.29) is 0 Å². The third-order valence-corrected chi connectivity index (χ3v) is 2.63. The van der Waals surface area contributed by atoms with Crippen molar-refractivity contribution in [3.05, 3.63) is 36.2 Å². The Morgan fingerprint density at radius 3 is 3.00 bits per heavy atom. The molecule has 0 aliphatic carbocycles. The highest BCUT2D eigenvalue weighted by atomic mass is 19.1. The maximum Gasteiger partial charge on any atom is 0.212 e. The first-order valence-electron chi connectivity index (χ1n) is 5.08. The van der Waals surface area contributed by atoms with Crippen LogP contribution in [0.4, 0.5) is 4.39 Å². The van der Waals surface area contributed by atoms with Crippen LogP contribution in [-0.4, -0.2) is 21.1 Å². The lowest BCUT2D eigenvalue weighted by molar-refractivity contribution is 0.0856. The van der Waals surface area contributed by atoms with Gasteiger partial charge in [0.15, 0.2) is 0 Å². The fraction of sp³-hybridized carbons (Fsp3) is 0.273. The van der Waals surface area contributed by atoms with Crippen molar-refractivity contribution in [2.45, 2.75) is 13.2 Å². The Labute approximate surface area is 91.7 Å². The summed E-state index contributed by atoms with van der Waals surface area (Å²) in [6.45, 7) is 2.05. The molecule has 0 unspecified atom stereocenters. The highest BCUT2D eigenvalue weighted by molar-refractivity contribution is 5.54. The number of halogens is 1. The number of hydrogen-bond donors (Lipinski definition) is 0. The Hall–Kier alpha value is -1.75. The first kappa shape index (κ1) is 9.47. The zero-order valence-electron chi connectivity index (χ0n) is 8.56. The van der Waals surface area contributed by atoms with Gasteiger partial charge in [0.1, 0.15) is 5.82 Å². The number of rotatable bonds is 1. The van der Waals surface area contributed by atoms with E-state index in [4.69, 9.17) is 4.74 Å². The molecular weight excluding hydrogens is 209 g/mol. The second kappa shape index (κ2) is 3.68. The molecular formula is C11H10FN3O. The number of ether oxygens (including phenoxy) is 1. The minimum absolute atomic E-state index is 0.475. The van der Waals surface area contributed by atoms with Crippen molar-refractivity contribution in [2.75, 3.05) is 6.61 Å². The van der Waals surface area contributed by atoms with Gasteiger partial charge in [0.05, 0.1) is 25.1 Å². The van der Waals surface area contributed by atoms with Crippen molar-refractivity contribution in [3.63, 3.8) is 0 Å². The van der Waals surface area contributed by atoms with E-state index in [1.165, 1.54) is 12.3 Å². The minimum Gasteiger partial charge on any atom is -0.373 e. The topological polar surface area (TPSA) is 39.9 Å². The van der Waals surface area contributed by atoms with Crippen molar-refractivity contribution in [1.82, 2.24) is 14.5 Å². The molecule has 1 aliphatic rings. The number of imidazole rings is 1. The van der Waals surface area contributed by atoms with Crippen LogP contribution in [0.25, 0.3) is 11.4 Å². The molecule has 3 rings (SSSR count). The van der Waals surface area contributed by atoms with Crippen LogP contribution in [0.1, 0.15) is 5.69 Å². The van der Waals surface area contributed by atoms with Crippen LogP contribution in [0, 0.1) is 5.95 Å². The van der Waals surface area contributed by atoms with E-state index < -0.39 is 5.95 Å². The van der Waals surface area contributed by atoms with Crippen molar-refractivity contribution in [1.29, 1.82) is 0 Å². The molecule has 0 fully saturated rings. The standard InChI is InChI=1S/C11H10FN3O/c12-10-2-1-8(5-13-10)11-14-6-9-7-16-4-3-15(9)11/h1-2,5-6H,3-4,7H2. The quantitative estimate of drug-likeness (QED) is 0.684. The van der Waals surface area contributed by atoms with E-state index in [0.717, 1.165) is 23.6 Å². The van der Waals surface area contributed by atoms with Crippen LogP contribution in [0.3, 0.4) is 0 Å². The molecule has 0 saturated carbocycles. The first-order valence-corrected chi connectivity index (χ1v) is 5.08. The predicted molar refractivity (Wildman–Crippen MR) is 55.1 cm³/mol. The van der Waals surface area contributed by atoms with E-state index >= 15 is 0 Å². The van der Waals surface area contributed by atoms with Gasteiger partial charge in [-0.25, -0.2) is 9.97 Å². The van der Waals surface area contributed by atoms with Gasteiger partial charge in [-0.05, 0) is 12.1 Å². The van der Waals surface area contributed by atoms with Crippen molar-refractivity contribution < 1.29 is 9.13 Å². The number of aromatic nitrogens is 3. The smallest absolute Gasteiger partial charge is 0.212 e. The largest absolute Gasteiger partial charge is 0.373 e. The predicted octanol–water partition coefficient (Wildman–Crippen LogP) is 1.61.